The van der Waals surface area contributed by atoms with Gasteiger partial charge in [0.15, 0.2) is 0 Å². The number of carbonyl (C=O) groups excluding carboxylic acids is 2. The molecule has 6 heteroatoms. The summed E-state index contributed by atoms with van der Waals surface area (Å²) in [5, 5.41) is 2.76. The molecule has 1 aliphatic heterocycles. The number of halogens is 1. The Morgan fingerprint density at radius 2 is 1.88 bits per heavy atom. The van der Waals surface area contributed by atoms with E-state index in [-0.39, 0.29) is 17.6 Å². The summed E-state index contributed by atoms with van der Waals surface area (Å²) in [5.41, 5.74) is 1.10. The van der Waals surface area contributed by atoms with Crippen LogP contribution >= 0.6 is 0 Å². The highest BCUT2D eigenvalue weighted by atomic mass is 19.1. The van der Waals surface area contributed by atoms with Gasteiger partial charge in [-0.2, -0.15) is 0 Å². The number of rotatable bonds is 5. The fraction of sp³-hybridized carbons (Fsp3) is 0.263. The van der Waals surface area contributed by atoms with Gasteiger partial charge in [-0.05, 0) is 61.9 Å². The minimum absolute atomic E-state index is 0.189. The average molecular weight is 342 g/mol. The number of anilines is 1. The number of nitrogens with zero attached hydrogens (tertiary/aromatic N) is 1. The first kappa shape index (κ1) is 17.0. The summed E-state index contributed by atoms with van der Waals surface area (Å²) in [5.74, 6) is -0.150. The van der Waals surface area contributed by atoms with Gasteiger partial charge in [-0.1, -0.05) is 0 Å². The molecule has 2 amide bonds. The van der Waals surface area contributed by atoms with Crippen molar-refractivity contribution in [2.45, 2.75) is 19.4 Å². The summed E-state index contributed by atoms with van der Waals surface area (Å²) in [6.07, 6.45) is 0.513. The van der Waals surface area contributed by atoms with E-state index in [9.17, 15) is 14.0 Å². The fourth-order valence-corrected chi connectivity index (χ4v) is 2.80. The van der Waals surface area contributed by atoms with Crippen molar-refractivity contribution in [3.63, 3.8) is 0 Å². The van der Waals surface area contributed by atoms with E-state index in [1.54, 1.807) is 41.3 Å². The molecule has 1 heterocycles. The maximum Gasteiger partial charge on any atom is 0.251 e. The third-order valence-electron chi connectivity index (χ3n) is 4.08. The molecule has 0 spiro atoms. The zero-order valence-corrected chi connectivity index (χ0v) is 13.9. The molecular weight excluding hydrogens is 323 g/mol. The number of benzene rings is 2. The molecule has 1 saturated heterocycles. The second kappa shape index (κ2) is 7.34. The molecular formula is C19H19FN2O3. The largest absolute Gasteiger partial charge is 0.494 e. The molecule has 0 aliphatic carbocycles. The van der Waals surface area contributed by atoms with Crippen molar-refractivity contribution in [2.75, 3.05) is 18.1 Å². The maximum absolute atomic E-state index is 13.0. The Labute approximate surface area is 145 Å². The van der Waals surface area contributed by atoms with Crippen LogP contribution < -0.4 is 15.0 Å². The molecule has 0 bridgehead atoms. The lowest BCUT2D eigenvalue weighted by Gasteiger charge is -2.17. The van der Waals surface area contributed by atoms with E-state index in [1.807, 2.05) is 6.92 Å². The topological polar surface area (TPSA) is 58.6 Å². The van der Waals surface area contributed by atoms with Crippen molar-refractivity contribution in [1.82, 2.24) is 5.32 Å². The molecule has 1 fully saturated rings. The van der Waals surface area contributed by atoms with Gasteiger partial charge in [0.05, 0.1) is 6.61 Å². The SMILES string of the molecule is CCOc1ccc(C(=O)N[C@H]2CCN(c3ccc(F)cc3)C2=O)cc1. The third kappa shape index (κ3) is 3.79. The van der Waals surface area contributed by atoms with Crippen LogP contribution in [0.1, 0.15) is 23.7 Å². The van der Waals surface area contributed by atoms with E-state index in [0.29, 0.717) is 36.6 Å². The second-order valence-corrected chi connectivity index (χ2v) is 5.74. The van der Waals surface area contributed by atoms with Gasteiger partial charge >= 0.3 is 0 Å². The van der Waals surface area contributed by atoms with Gasteiger partial charge in [-0.3, -0.25) is 9.59 Å². The van der Waals surface area contributed by atoms with Crippen LogP contribution in [-0.2, 0) is 4.79 Å². The Morgan fingerprint density at radius 3 is 2.52 bits per heavy atom. The summed E-state index contributed by atoms with van der Waals surface area (Å²) >= 11 is 0. The number of amides is 2. The zero-order valence-electron chi connectivity index (χ0n) is 13.9. The third-order valence-corrected chi connectivity index (χ3v) is 4.08. The van der Waals surface area contributed by atoms with Gasteiger partial charge in [0.1, 0.15) is 17.6 Å². The number of carbonyl (C=O) groups is 2. The van der Waals surface area contributed by atoms with Crippen LogP contribution in [0.2, 0.25) is 0 Å². The number of nitrogens with one attached hydrogen (secondary N) is 1. The summed E-state index contributed by atoms with van der Waals surface area (Å²) in [6.45, 7) is 2.93. The molecule has 3 rings (SSSR count). The second-order valence-electron chi connectivity index (χ2n) is 5.74. The summed E-state index contributed by atoms with van der Waals surface area (Å²) < 4.78 is 18.4. The monoisotopic (exact) mass is 342 g/mol. The summed E-state index contributed by atoms with van der Waals surface area (Å²) in [6, 6.07) is 11.9. The van der Waals surface area contributed by atoms with Gasteiger partial charge in [-0.25, -0.2) is 4.39 Å². The molecule has 5 nitrogen and oxygen atoms in total. The van der Waals surface area contributed by atoms with Crippen LogP contribution in [0.25, 0.3) is 0 Å². The van der Waals surface area contributed by atoms with E-state index in [4.69, 9.17) is 4.74 Å². The summed E-state index contributed by atoms with van der Waals surface area (Å²) in [7, 11) is 0. The lowest BCUT2D eigenvalue weighted by Crippen LogP contribution is -2.41. The van der Waals surface area contributed by atoms with Gasteiger partial charge in [0, 0.05) is 17.8 Å². The van der Waals surface area contributed by atoms with Gasteiger partial charge < -0.3 is 15.0 Å². The van der Waals surface area contributed by atoms with Crippen molar-refractivity contribution in [3.05, 3.63) is 59.9 Å². The quantitative estimate of drug-likeness (QED) is 0.909. The van der Waals surface area contributed by atoms with Crippen molar-refractivity contribution in [3.8, 4) is 5.75 Å². The Kier molecular flexibility index (Phi) is 4.97. The zero-order chi connectivity index (χ0) is 17.8. The van der Waals surface area contributed by atoms with Gasteiger partial charge in [0.2, 0.25) is 5.91 Å². The minimum atomic E-state index is -0.580. The molecule has 1 N–H and O–H groups in total. The van der Waals surface area contributed by atoms with Gasteiger partial charge in [0.25, 0.3) is 5.91 Å². The van der Waals surface area contributed by atoms with Crippen molar-refractivity contribution in [2.24, 2.45) is 0 Å². The lowest BCUT2D eigenvalue weighted by atomic mass is 10.1. The molecule has 0 radical (unpaired) electrons. The van der Waals surface area contributed by atoms with E-state index in [0.717, 1.165) is 0 Å². The van der Waals surface area contributed by atoms with E-state index < -0.39 is 6.04 Å². The lowest BCUT2D eigenvalue weighted by molar-refractivity contribution is -0.118. The Morgan fingerprint density at radius 1 is 1.20 bits per heavy atom. The van der Waals surface area contributed by atoms with E-state index >= 15 is 0 Å². The van der Waals surface area contributed by atoms with Crippen LogP contribution in [0.3, 0.4) is 0 Å². The van der Waals surface area contributed by atoms with Crippen molar-refractivity contribution < 1.29 is 18.7 Å². The first-order valence-corrected chi connectivity index (χ1v) is 8.19. The Hall–Kier alpha value is -2.89. The highest BCUT2D eigenvalue weighted by Crippen LogP contribution is 2.22. The molecule has 2 aromatic carbocycles. The van der Waals surface area contributed by atoms with Crippen LogP contribution in [0.15, 0.2) is 48.5 Å². The number of ether oxygens (including phenoxy) is 1. The van der Waals surface area contributed by atoms with Crippen LogP contribution in [-0.4, -0.2) is 31.0 Å². The maximum atomic E-state index is 13.0. The molecule has 0 aromatic heterocycles. The molecule has 2 aromatic rings. The molecule has 0 unspecified atom stereocenters. The first-order chi connectivity index (χ1) is 12.1. The van der Waals surface area contributed by atoms with E-state index in [1.165, 1.54) is 12.1 Å². The first-order valence-electron chi connectivity index (χ1n) is 8.19. The molecule has 130 valence electrons. The normalized spacial score (nSPS) is 16.8. The van der Waals surface area contributed by atoms with Crippen molar-refractivity contribution in [1.29, 1.82) is 0 Å². The number of hydrogen-bond donors (Lipinski definition) is 1. The van der Waals surface area contributed by atoms with Gasteiger partial charge in [-0.15, -0.1) is 0 Å². The fourth-order valence-electron chi connectivity index (χ4n) is 2.80. The van der Waals surface area contributed by atoms with Crippen LogP contribution in [0.4, 0.5) is 10.1 Å². The standard InChI is InChI=1S/C19H19FN2O3/c1-2-25-16-9-3-13(4-10-16)18(23)21-17-11-12-22(19(17)24)15-7-5-14(20)6-8-15/h3-10,17H,2,11-12H2,1H3,(H,21,23)/t17-/m0/s1. The molecule has 1 atom stereocenters. The van der Waals surface area contributed by atoms with E-state index in [2.05, 4.69) is 5.32 Å². The molecule has 25 heavy (non-hydrogen) atoms. The highest BCUT2D eigenvalue weighted by molar-refractivity contribution is 6.03. The van der Waals surface area contributed by atoms with Crippen LogP contribution in [0.5, 0.6) is 5.75 Å². The van der Waals surface area contributed by atoms with Crippen LogP contribution in [0, 0.1) is 5.82 Å². The molecule has 1 aliphatic rings. The average Bonchev–Trinajstić information content (AvgIpc) is 2.97. The smallest absolute Gasteiger partial charge is 0.251 e. The Bertz CT molecular complexity index is 759. The summed E-state index contributed by atoms with van der Waals surface area (Å²) in [4.78, 5) is 26.4. The predicted octanol–water partition coefficient (Wildman–Crippen LogP) is 2.76. The highest BCUT2D eigenvalue weighted by Gasteiger charge is 2.33. The Balaban J connectivity index is 1.64. The number of hydrogen-bond acceptors (Lipinski definition) is 3. The van der Waals surface area contributed by atoms with Crippen molar-refractivity contribution >= 4 is 17.5 Å². The predicted molar refractivity (Wildman–Crippen MR) is 92.2 cm³/mol. The molecule has 0 saturated carbocycles. The minimum Gasteiger partial charge on any atom is -0.494 e.